The summed E-state index contributed by atoms with van der Waals surface area (Å²) in [6.07, 6.45) is 3.97. The van der Waals surface area contributed by atoms with Crippen LogP contribution in [0.25, 0.3) is 0 Å². The van der Waals surface area contributed by atoms with Crippen LogP contribution in [0.5, 0.6) is 0 Å². The van der Waals surface area contributed by atoms with Crippen LogP contribution in [0.2, 0.25) is 0 Å². The maximum absolute atomic E-state index is 13.9. The van der Waals surface area contributed by atoms with Gasteiger partial charge in [0.25, 0.3) is 0 Å². The highest BCUT2D eigenvalue weighted by Gasteiger charge is 2.51. The summed E-state index contributed by atoms with van der Waals surface area (Å²) >= 11 is 0. The number of amides is 1. The van der Waals surface area contributed by atoms with E-state index in [0.29, 0.717) is 13.2 Å². The van der Waals surface area contributed by atoms with Crippen molar-refractivity contribution in [3.63, 3.8) is 0 Å². The molecule has 1 unspecified atom stereocenters. The maximum Gasteiger partial charge on any atom is 0.308 e. The second-order valence-corrected chi connectivity index (χ2v) is 19.5. The highest BCUT2D eigenvalue weighted by Crippen LogP contribution is 2.38. The van der Waals surface area contributed by atoms with Crippen molar-refractivity contribution in [1.29, 1.82) is 0 Å². The Morgan fingerprint density at radius 2 is 1.33 bits per heavy atom. The van der Waals surface area contributed by atoms with Gasteiger partial charge in [-0.3, -0.25) is 9.59 Å². The van der Waals surface area contributed by atoms with Crippen LogP contribution in [0, 0.1) is 17.8 Å². The number of fused-ring (bicyclic) bond motifs is 2. The molecule has 0 spiro atoms. The molecule has 20 nitrogen and oxygen atoms in total. The van der Waals surface area contributed by atoms with Gasteiger partial charge in [-0.05, 0) is 33.1 Å². The fourth-order valence-electron chi connectivity index (χ4n) is 8.98. The Morgan fingerprint density at radius 1 is 0.708 bits per heavy atom. The summed E-state index contributed by atoms with van der Waals surface area (Å²) in [7, 11) is 0. The molecular formula is C52H82N2O18. The van der Waals surface area contributed by atoms with Gasteiger partial charge >= 0.3 is 5.97 Å². The van der Waals surface area contributed by atoms with E-state index in [0.717, 1.165) is 0 Å². The molecule has 408 valence electrons. The molecule has 0 aromatic rings. The lowest BCUT2D eigenvalue weighted by Crippen LogP contribution is -2.62. The van der Waals surface area contributed by atoms with Gasteiger partial charge in [-0.1, -0.05) is 98.9 Å². The van der Waals surface area contributed by atoms with E-state index in [2.05, 4.69) is 5.32 Å². The largest absolute Gasteiger partial charge is 0.462 e. The molecule has 4 aliphatic heterocycles. The highest BCUT2D eigenvalue weighted by molar-refractivity contribution is 5.80. The summed E-state index contributed by atoms with van der Waals surface area (Å²) in [5.74, 6) is -5.72. The molecular weight excluding hydrogens is 941 g/mol. The number of hydrogen-bond donors (Lipinski definition) is 12. The van der Waals surface area contributed by atoms with Crippen molar-refractivity contribution in [2.24, 2.45) is 23.5 Å². The second kappa shape index (κ2) is 30.8. The van der Waals surface area contributed by atoms with Crippen molar-refractivity contribution in [2.75, 3.05) is 26.4 Å². The molecule has 13 N–H and O–H groups in total. The third-order valence-corrected chi connectivity index (χ3v) is 13.4. The van der Waals surface area contributed by atoms with Crippen molar-refractivity contribution in [1.82, 2.24) is 5.32 Å². The number of nitrogens with two attached hydrogens (primary N) is 1. The van der Waals surface area contributed by atoms with Crippen LogP contribution in [-0.2, 0) is 38.0 Å². The molecule has 20 atom stereocenters. The molecule has 2 bridgehead atoms. The van der Waals surface area contributed by atoms with E-state index < -0.39 is 153 Å². The molecule has 4 heterocycles. The molecule has 3 fully saturated rings. The Morgan fingerprint density at radius 3 is 1.96 bits per heavy atom. The Balaban J connectivity index is 1.60. The van der Waals surface area contributed by atoms with Crippen molar-refractivity contribution in [3.05, 3.63) is 85.1 Å². The lowest BCUT2D eigenvalue weighted by molar-refractivity contribution is -0.307. The average molecular weight is 1020 g/mol. The molecule has 20 heteroatoms. The van der Waals surface area contributed by atoms with Crippen LogP contribution < -0.4 is 11.1 Å². The summed E-state index contributed by atoms with van der Waals surface area (Å²) in [5.41, 5.74) is 6.12. The Kier molecular flexibility index (Phi) is 26.1. The Hall–Kier alpha value is -3.52. The average Bonchev–Trinajstić information content (AvgIpc) is 3.32. The smallest absolute Gasteiger partial charge is 0.308 e. The first-order valence-corrected chi connectivity index (χ1v) is 25.1. The minimum atomic E-state index is -2.29. The van der Waals surface area contributed by atoms with Crippen LogP contribution in [0.15, 0.2) is 85.1 Å². The first kappa shape index (κ1) is 61.0. The van der Waals surface area contributed by atoms with Crippen molar-refractivity contribution in [3.8, 4) is 0 Å². The second-order valence-electron chi connectivity index (χ2n) is 19.5. The molecule has 0 aromatic heterocycles. The lowest BCUT2D eigenvalue weighted by atomic mass is 9.82. The lowest BCUT2D eigenvalue weighted by Gasteiger charge is -2.46. The predicted molar refractivity (Wildman–Crippen MR) is 263 cm³/mol. The van der Waals surface area contributed by atoms with Crippen LogP contribution in [-0.4, -0.2) is 193 Å². The number of hydrogen-bond acceptors (Lipinski definition) is 19. The van der Waals surface area contributed by atoms with E-state index in [9.17, 15) is 60.7 Å². The third-order valence-electron chi connectivity index (χ3n) is 13.4. The Bertz CT molecular complexity index is 1840. The normalized spacial score (nSPS) is 44.5. The molecule has 1 amide bonds. The number of aliphatic hydroxyl groups excluding tert-OH is 9. The minimum Gasteiger partial charge on any atom is -0.462 e. The van der Waals surface area contributed by atoms with Crippen molar-refractivity contribution < 1.29 is 89.1 Å². The van der Waals surface area contributed by atoms with Gasteiger partial charge in [0.1, 0.15) is 12.2 Å². The highest BCUT2D eigenvalue weighted by atomic mass is 16.7. The number of nitrogens with one attached hydrogen (secondary N) is 1. The number of carbonyl (C=O) groups is 2. The van der Waals surface area contributed by atoms with E-state index in [1.54, 1.807) is 69.4 Å². The zero-order valence-electron chi connectivity index (χ0n) is 41.9. The number of aliphatic hydroxyl groups is 10. The monoisotopic (exact) mass is 1020 g/mol. The van der Waals surface area contributed by atoms with Crippen molar-refractivity contribution in [2.45, 2.75) is 183 Å². The van der Waals surface area contributed by atoms with E-state index >= 15 is 0 Å². The molecule has 0 saturated carbocycles. The number of ether oxygens (including phenoxy) is 6. The Labute approximate surface area is 422 Å². The molecule has 0 aliphatic carbocycles. The topological polar surface area (TPSA) is 330 Å². The molecule has 4 aliphatic rings. The first-order valence-electron chi connectivity index (χ1n) is 25.1. The number of allylic oxidation sites excluding steroid dienone is 12. The number of cyclic esters (lactones) is 1. The quantitative estimate of drug-likeness (QED) is 0.163. The summed E-state index contributed by atoms with van der Waals surface area (Å²) in [5, 5.41) is 113. The summed E-state index contributed by atoms with van der Waals surface area (Å²) < 4.78 is 34.9. The summed E-state index contributed by atoms with van der Waals surface area (Å²) in [6.45, 7) is 7.78. The van der Waals surface area contributed by atoms with E-state index in [1.807, 2.05) is 43.4 Å². The van der Waals surface area contributed by atoms with E-state index in [4.69, 9.17) is 34.2 Å². The fourth-order valence-corrected chi connectivity index (χ4v) is 8.98. The van der Waals surface area contributed by atoms with Crippen molar-refractivity contribution >= 4 is 11.9 Å². The summed E-state index contributed by atoms with van der Waals surface area (Å²) in [6, 6.07) is -1.14. The van der Waals surface area contributed by atoms with Crippen LogP contribution in [0.1, 0.15) is 79.1 Å². The van der Waals surface area contributed by atoms with E-state index in [1.165, 1.54) is 0 Å². The van der Waals surface area contributed by atoms with Gasteiger partial charge in [-0.15, -0.1) is 0 Å². The number of carbonyl (C=O) groups excluding carboxylic acids is 2. The molecule has 0 aromatic carbocycles. The van der Waals surface area contributed by atoms with Crippen LogP contribution in [0.4, 0.5) is 0 Å². The predicted octanol–water partition coefficient (Wildman–Crippen LogP) is 0.159. The van der Waals surface area contributed by atoms with Gasteiger partial charge in [0.05, 0.1) is 111 Å². The van der Waals surface area contributed by atoms with Gasteiger partial charge in [0, 0.05) is 44.1 Å². The molecule has 3 saturated heterocycles. The van der Waals surface area contributed by atoms with E-state index in [-0.39, 0.29) is 44.8 Å². The minimum absolute atomic E-state index is 0.0350. The molecule has 72 heavy (non-hydrogen) atoms. The van der Waals surface area contributed by atoms with Crippen LogP contribution >= 0.6 is 0 Å². The molecule has 0 radical (unpaired) electrons. The van der Waals surface area contributed by atoms with Gasteiger partial charge in [-0.2, -0.15) is 0 Å². The zero-order chi connectivity index (χ0) is 53.0. The summed E-state index contributed by atoms with van der Waals surface area (Å²) in [4.78, 5) is 26.6. The van der Waals surface area contributed by atoms with Gasteiger partial charge in [-0.25, -0.2) is 0 Å². The number of esters is 1. The number of rotatable bonds is 5. The third kappa shape index (κ3) is 20.3. The van der Waals surface area contributed by atoms with Gasteiger partial charge in [0.2, 0.25) is 5.91 Å². The SMILES string of the molecule is C[C@@H]1[C@H](O)[C@@H](C)/C=C/C=C/C=C/C=C/C=C/C=C/C=C/[C@H](O[C@@H]2O[C@H](C)[C@@H](O)[C@H](N)[C@@H]2O)C[C@@H]2O[C@](O)(C[C@@H](O)C[C@@H](O)[C@H](O)CC[C@@H](O)C[C@@H](O)CC(=O)O[C@H]1C)C[C@H](O)[C@H]2C(=O)NCC1COCCO1. The van der Waals surface area contributed by atoms with Gasteiger partial charge < -0.3 is 90.5 Å². The molecule has 4 rings (SSSR count). The first-order chi connectivity index (χ1) is 34.2. The fraction of sp³-hybridized carbons (Fsp3) is 0.692. The maximum atomic E-state index is 13.9. The van der Waals surface area contributed by atoms with Gasteiger partial charge in [0.15, 0.2) is 12.1 Å². The zero-order valence-corrected chi connectivity index (χ0v) is 41.9. The van der Waals surface area contributed by atoms with Crippen LogP contribution in [0.3, 0.4) is 0 Å². The standard InChI is InChI=1S/C52H82N2O18/c1-31-17-15-13-11-9-7-5-6-8-10-12-14-16-18-38(71-51-49(64)46(53)48(63)34(4)70-51)26-43-45(50(65)54-29-39-30-67-21-22-68-39)42(60)28-52(66,72-43)27-37(57)24-41(59)40(58)20-19-35(55)23-36(56)25-44(61)69-33(3)32(2)47(31)62/h5-18,31-43,45-49,51,55-60,62-64,66H,19-30,53H2,1-4H3,(H,54,65)/b6-5+,9-7+,10-8+,13-11+,14-12+,17-15+,18-16+/t31-,32-,33-,34+,35+,36+,37-,38-,39?,40+,41+,42-,43-,45+,46-,47+,48+,49-,51-,52+/m0/s1.